The van der Waals surface area contributed by atoms with E-state index in [0.717, 1.165) is 25.9 Å². The van der Waals surface area contributed by atoms with Gasteiger partial charge in [0.15, 0.2) is 0 Å². The first kappa shape index (κ1) is 20.4. The zero-order valence-corrected chi connectivity index (χ0v) is 16.6. The zero-order valence-electron chi connectivity index (χ0n) is 16.6. The maximum absolute atomic E-state index is 12.9. The first-order chi connectivity index (χ1) is 12.3. The Labute approximate surface area is 157 Å². The third-order valence-electron chi connectivity index (χ3n) is 5.09. The fourth-order valence-electron chi connectivity index (χ4n) is 3.69. The van der Waals surface area contributed by atoms with E-state index in [2.05, 4.69) is 42.9 Å². The van der Waals surface area contributed by atoms with Crippen LogP contribution in [-0.2, 0) is 9.59 Å². The summed E-state index contributed by atoms with van der Waals surface area (Å²) in [6.45, 7) is 11.7. The van der Waals surface area contributed by atoms with E-state index in [4.69, 9.17) is 0 Å². The number of pyridine rings is 1. The summed E-state index contributed by atoms with van der Waals surface area (Å²) < 4.78 is 0. The summed E-state index contributed by atoms with van der Waals surface area (Å²) >= 11 is 0. The van der Waals surface area contributed by atoms with Crippen molar-refractivity contribution in [1.82, 2.24) is 14.8 Å². The second kappa shape index (κ2) is 9.12. The van der Waals surface area contributed by atoms with Gasteiger partial charge < -0.3 is 10.2 Å². The number of piperidine rings is 1. The van der Waals surface area contributed by atoms with Crippen LogP contribution in [0, 0.1) is 5.92 Å². The maximum atomic E-state index is 12.9. The molecule has 26 heavy (non-hydrogen) atoms. The van der Waals surface area contributed by atoms with Crippen molar-refractivity contribution in [3.05, 3.63) is 24.4 Å². The highest BCUT2D eigenvalue weighted by molar-refractivity contribution is 5.91. The number of carbonyl (C=O) groups excluding carboxylic acids is 2. The number of nitrogens with one attached hydrogen (secondary N) is 1. The lowest BCUT2D eigenvalue weighted by molar-refractivity contribution is -0.140. The van der Waals surface area contributed by atoms with Crippen molar-refractivity contribution in [2.75, 3.05) is 18.4 Å². The molecule has 0 radical (unpaired) electrons. The molecule has 1 atom stereocenters. The Bertz CT molecular complexity index is 587. The van der Waals surface area contributed by atoms with Crippen molar-refractivity contribution in [1.29, 1.82) is 0 Å². The summed E-state index contributed by atoms with van der Waals surface area (Å²) in [6, 6.07) is 5.69. The molecule has 1 aliphatic heterocycles. The summed E-state index contributed by atoms with van der Waals surface area (Å²) in [5.41, 5.74) is 0. The highest BCUT2D eigenvalue weighted by Crippen LogP contribution is 2.22. The van der Waals surface area contributed by atoms with Gasteiger partial charge in [-0.05, 0) is 72.7 Å². The summed E-state index contributed by atoms with van der Waals surface area (Å²) in [4.78, 5) is 33.6. The minimum atomic E-state index is -0.153. The van der Waals surface area contributed by atoms with Gasteiger partial charge in [-0.1, -0.05) is 6.07 Å². The van der Waals surface area contributed by atoms with Gasteiger partial charge in [-0.25, -0.2) is 4.98 Å². The fourth-order valence-corrected chi connectivity index (χ4v) is 3.69. The molecule has 2 amide bonds. The van der Waals surface area contributed by atoms with Crippen LogP contribution in [0.2, 0.25) is 0 Å². The normalized spacial score (nSPS) is 17.3. The Balaban J connectivity index is 1.89. The quantitative estimate of drug-likeness (QED) is 0.847. The number of anilines is 1. The Morgan fingerprint density at radius 3 is 2.23 bits per heavy atom. The molecule has 6 heteroatoms. The molecule has 0 saturated carbocycles. The highest BCUT2D eigenvalue weighted by atomic mass is 16.2. The molecule has 1 aromatic rings. The van der Waals surface area contributed by atoms with Crippen LogP contribution in [-0.4, -0.2) is 57.8 Å². The number of likely N-dealkylation sites (tertiary alicyclic amines) is 1. The first-order valence-electron chi connectivity index (χ1n) is 9.59. The van der Waals surface area contributed by atoms with E-state index in [1.54, 1.807) is 12.3 Å². The highest BCUT2D eigenvalue weighted by Gasteiger charge is 2.33. The molecule has 0 aromatic carbocycles. The van der Waals surface area contributed by atoms with Crippen molar-refractivity contribution in [2.24, 2.45) is 5.92 Å². The van der Waals surface area contributed by atoms with Gasteiger partial charge in [0.05, 0.1) is 6.04 Å². The number of hydrogen-bond acceptors (Lipinski definition) is 4. The molecule has 6 nitrogen and oxygen atoms in total. The van der Waals surface area contributed by atoms with Crippen LogP contribution in [0.25, 0.3) is 0 Å². The van der Waals surface area contributed by atoms with Gasteiger partial charge >= 0.3 is 0 Å². The molecular formula is C20H32N4O2. The number of hydrogen-bond donors (Lipinski definition) is 1. The first-order valence-corrected chi connectivity index (χ1v) is 9.59. The Kier molecular flexibility index (Phi) is 7.14. The molecular weight excluding hydrogens is 328 g/mol. The Hall–Kier alpha value is -1.95. The predicted octanol–water partition coefficient (Wildman–Crippen LogP) is 2.77. The lowest BCUT2D eigenvalue weighted by Crippen LogP contribution is -2.53. The number of aromatic nitrogens is 1. The lowest BCUT2D eigenvalue weighted by Gasteiger charge is -2.39. The summed E-state index contributed by atoms with van der Waals surface area (Å²) in [5.74, 6) is 0.759. The molecule has 144 valence electrons. The largest absolute Gasteiger partial charge is 0.336 e. The van der Waals surface area contributed by atoms with Gasteiger partial charge in [0.2, 0.25) is 11.8 Å². The molecule has 0 bridgehead atoms. The predicted molar refractivity (Wildman–Crippen MR) is 104 cm³/mol. The Morgan fingerprint density at radius 1 is 1.12 bits per heavy atom. The van der Waals surface area contributed by atoms with Gasteiger partial charge in [-0.2, -0.15) is 0 Å². The smallest absolute Gasteiger partial charge is 0.240 e. The van der Waals surface area contributed by atoms with E-state index in [1.165, 1.54) is 0 Å². The van der Waals surface area contributed by atoms with Crippen LogP contribution in [0.15, 0.2) is 24.4 Å². The minimum Gasteiger partial charge on any atom is -0.336 e. The van der Waals surface area contributed by atoms with Gasteiger partial charge in [0.25, 0.3) is 0 Å². The van der Waals surface area contributed by atoms with Crippen molar-refractivity contribution < 1.29 is 9.59 Å². The number of nitrogens with zero attached hydrogens (tertiary/aromatic N) is 3. The molecule has 2 rings (SSSR count). The fraction of sp³-hybridized carbons (Fsp3) is 0.650. The molecule has 1 N–H and O–H groups in total. The van der Waals surface area contributed by atoms with Crippen LogP contribution in [0.5, 0.6) is 0 Å². The molecule has 1 saturated heterocycles. The average Bonchev–Trinajstić information content (AvgIpc) is 2.61. The number of carbonyl (C=O) groups is 2. The maximum Gasteiger partial charge on any atom is 0.240 e. The Morgan fingerprint density at radius 2 is 1.73 bits per heavy atom. The molecule has 0 aliphatic carbocycles. The standard InChI is InChI=1S/C20H32N4O2/c1-14(2)24(15(3)4)20(26)16(5)23-12-9-17(10-13-23)19(25)22-18-8-6-7-11-21-18/h6-8,11,14-17H,9-10,12-13H2,1-5H3,(H,21,22,25). The van der Waals surface area contributed by atoms with Crippen molar-refractivity contribution in [2.45, 2.75) is 65.6 Å². The second-order valence-corrected chi connectivity index (χ2v) is 7.62. The van der Waals surface area contributed by atoms with E-state index in [-0.39, 0.29) is 35.9 Å². The van der Waals surface area contributed by atoms with Gasteiger partial charge in [0.1, 0.15) is 5.82 Å². The third kappa shape index (κ3) is 5.04. The molecule has 1 unspecified atom stereocenters. The van der Waals surface area contributed by atoms with Crippen LogP contribution in [0.4, 0.5) is 5.82 Å². The molecule has 1 aromatic heterocycles. The van der Waals surface area contributed by atoms with E-state index in [1.807, 2.05) is 24.0 Å². The van der Waals surface area contributed by atoms with Gasteiger partial charge in [0, 0.05) is 24.2 Å². The number of rotatable bonds is 6. The SMILES string of the molecule is CC(C(=O)N(C(C)C)C(C)C)N1CCC(C(=O)Nc2ccccn2)CC1. The van der Waals surface area contributed by atoms with Crippen molar-refractivity contribution in [3.63, 3.8) is 0 Å². The monoisotopic (exact) mass is 360 g/mol. The molecule has 0 spiro atoms. The van der Waals surface area contributed by atoms with E-state index >= 15 is 0 Å². The van der Waals surface area contributed by atoms with Gasteiger partial charge in [-0.3, -0.25) is 14.5 Å². The zero-order chi connectivity index (χ0) is 19.3. The average molecular weight is 361 g/mol. The van der Waals surface area contributed by atoms with E-state index in [9.17, 15) is 9.59 Å². The molecule has 2 heterocycles. The third-order valence-corrected chi connectivity index (χ3v) is 5.09. The minimum absolute atomic E-state index is 0.0216. The topological polar surface area (TPSA) is 65.5 Å². The van der Waals surface area contributed by atoms with Gasteiger partial charge in [-0.15, -0.1) is 0 Å². The molecule has 1 fully saturated rings. The van der Waals surface area contributed by atoms with Crippen LogP contribution in [0.1, 0.15) is 47.5 Å². The van der Waals surface area contributed by atoms with E-state index < -0.39 is 0 Å². The number of amides is 2. The van der Waals surface area contributed by atoms with Crippen LogP contribution >= 0.6 is 0 Å². The van der Waals surface area contributed by atoms with Crippen molar-refractivity contribution >= 4 is 17.6 Å². The van der Waals surface area contributed by atoms with E-state index in [0.29, 0.717) is 5.82 Å². The lowest BCUT2D eigenvalue weighted by atomic mass is 9.94. The van der Waals surface area contributed by atoms with Crippen molar-refractivity contribution in [3.8, 4) is 0 Å². The molecule has 1 aliphatic rings. The summed E-state index contributed by atoms with van der Waals surface area (Å²) in [6.07, 6.45) is 3.19. The second-order valence-electron chi connectivity index (χ2n) is 7.62. The summed E-state index contributed by atoms with van der Waals surface area (Å²) in [5, 5.41) is 2.88. The van der Waals surface area contributed by atoms with Crippen LogP contribution < -0.4 is 5.32 Å². The van der Waals surface area contributed by atoms with Crippen LogP contribution in [0.3, 0.4) is 0 Å². The summed E-state index contributed by atoms with van der Waals surface area (Å²) in [7, 11) is 0.